The third-order valence-corrected chi connectivity index (χ3v) is 3.39. The first-order chi connectivity index (χ1) is 7.38. The predicted molar refractivity (Wildman–Crippen MR) is 68.3 cm³/mol. The van der Waals surface area contributed by atoms with Crippen molar-refractivity contribution in [1.29, 1.82) is 0 Å². The Morgan fingerprint density at radius 1 is 1.07 bits per heavy atom. The van der Waals surface area contributed by atoms with E-state index in [-0.39, 0.29) is 0 Å². The summed E-state index contributed by atoms with van der Waals surface area (Å²) < 4.78 is 0. The summed E-state index contributed by atoms with van der Waals surface area (Å²) >= 11 is 4.31. The van der Waals surface area contributed by atoms with Crippen molar-refractivity contribution in [3.05, 3.63) is 35.4 Å². The molecule has 1 aromatic rings. The number of benzene rings is 1. The van der Waals surface area contributed by atoms with Crippen molar-refractivity contribution < 1.29 is 0 Å². The van der Waals surface area contributed by atoms with Crippen LogP contribution in [0, 0.1) is 0 Å². The summed E-state index contributed by atoms with van der Waals surface area (Å²) in [6.07, 6.45) is 4.14. The first-order valence-electron chi connectivity index (χ1n) is 5.79. The second kappa shape index (κ2) is 5.57. The number of likely N-dealkylation sites (tertiary alicyclic amines) is 1. The van der Waals surface area contributed by atoms with Crippen molar-refractivity contribution in [2.24, 2.45) is 0 Å². The minimum Gasteiger partial charge on any atom is -0.299 e. The number of piperidine rings is 1. The Labute approximate surface area is 97.9 Å². The molecule has 0 bridgehead atoms. The van der Waals surface area contributed by atoms with Gasteiger partial charge in [0, 0.05) is 12.3 Å². The Bertz CT molecular complexity index is 305. The monoisotopic (exact) mass is 221 g/mol. The number of rotatable bonds is 3. The molecular weight excluding hydrogens is 202 g/mol. The van der Waals surface area contributed by atoms with Gasteiger partial charge in [0.15, 0.2) is 0 Å². The normalized spacial score (nSPS) is 17.9. The average molecular weight is 221 g/mol. The van der Waals surface area contributed by atoms with Crippen LogP contribution in [0.2, 0.25) is 0 Å². The summed E-state index contributed by atoms with van der Waals surface area (Å²) in [6, 6.07) is 8.79. The summed E-state index contributed by atoms with van der Waals surface area (Å²) in [7, 11) is 0. The molecule has 1 aliphatic heterocycles. The van der Waals surface area contributed by atoms with E-state index in [4.69, 9.17) is 0 Å². The minimum absolute atomic E-state index is 0.841. The maximum absolute atomic E-state index is 4.31. The van der Waals surface area contributed by atoms with Crippen LogP contribution in [0.15, 0.2) is 24.3 Å². The van der Waals surface area contributed by atoms with Crippen LogP contribution >= 0.6 is 12.6 Å². The fourth-order valence-corrected chi connectivity index (χ4v) is 2.40. The molecule has 0 aromatic heterocycles. The van der Waals surface area contributed by atoms with Crippen LogP contribution in [0.5, 0.6) is 0 Å². The Morgan fingerprint density at radius 3 is 2.53 bits per heavy atom. The summed E-state index contributed by atoms with van der Waals surface area (Å²) in [6.45, 7) is 3.65. The van der Waals surface area contributed by atoms with Gasteiger partial charge >= 0.3 is 0 Å². The topological polar surface area (TPSA) is 3.24 Å². The third-order valence-electron chi connectivity index (χ3n) is 3.03. The summed E-state index contributed by atoms with van der Waals surface area (Å²) in [5.74, 6) is 0.841. The average Bonchev–Trinajstić information content (AvgIpc) is 2.31. The molecule has 82 valence electrons. The van der Waals surface area contributed by atoms with E-state index in [1.807, 2.05) is 0 Å². The molecule has 2 rings (SSSR count). The van der Waals surface area contributed by atoms with Gasteiger partial charge < -0.3 is 0 Å². The summed E-state index contributed by atoms with van der Waals surface area (Å²) in [5.41, 5.74) is 2.76. The fraction of sp³-hybridized carbons (Fsp3) is 0.538. The van der Waals surface area contributed by atoms with Crippen LogP contribution in [0.4, 0.5) is 0 Å². The second-order valence-electron chi connectivity index (χ2n) is 4.31. The third kappa shape index (κ3) is 3.25. The van der Waals surface area contributed by atoms with Gasteiger partial charge in [0.1, 0.15) is 0 Å². The maximum Gasteiger partial charge on any atom is 0.0233 e. The molecule has 15 heavy (non-hydrogen) atoms. The fourth-order valence-electron chi connectivity index (χ4n) is 2.20. The van der Waals surface area contributed by atoms with Gasteiger partial charge in [0.05, 0.1) is 0 Å². The lowest BCUT2D eigenvalue weighted by atomic mass is 10.1. The lowest BCUT2D eigenvalue weighted by molar-refractivity contribution is 0.221. The molecule has 1 aromatic carbocycles. The SMILES string of the molecule is SCc1cccc(CN2CCCCC2)c1. The quantitative estimate of drug-likeness (QED) is 0.768. The highest BCUT2D eigenvalue weighted by Crippen LogP contribution is 2.14. The molecule has 0 unspecified atom stereocenters. The second-order valence-corrected chi connectivity index (χ2v) is 4.63. The summed E-state index contributed by atoms with van der Waals surface area (Å²) in [4.78, 5) is 2.56. The standard InChI is InChI=1S/C13H19NS/c15-11-13-6-4-5-12(9-13)10-14-7-2-1-3-8-14/h4-6,9,15H,1-3,7-8,10-11H2. The maximum atomic E-state index is 4.31. The minimum atomic E-state index is 0.841. The highest BCUT2D eigenvalue weighted by molar-refractivity contribution is 7.79. The van der Waals surface area contributed by atoms with Crippen molar-refractivity contribution in [2.75, 3.05) is 13.1 Å². The van der Waals surface area contributed by atoms with Gasteiger partial charge in [-0.3, -0.25) is 4.90 Å². The van der Waals surface area contributed by atoms with Gasteiger partial charge in [-0.1, -0.05) is 30.7 Å². The Morgan fingerprint density at radius 2 is 1.80 bits per heavy atom. The van der Waals surface area contributed by atoms with Crippen LogP contribution < -0.4 is 0 Å². The molecule has 1 aliphatic rings. The lowest BCUT2D eigenvalue weighted by Crippen LogP contribution is -2.29. The van der Waals surface area contributed by atoms with Crippen molar-refractivity contribution in [3.63, 3.8) is 0 Å². The smallest absolute Gasteiger partial charge is 0.0233 e. The van der Waals surface area contributed by atoms with Gasteiger partial charge in [0.2, 0.25) is 0 Å². The Kier molecular flexibility index (Phi) is 4.09. The molecule has 1 nitrogen and oxygen atoms in total. The highest BCUT2D eigenvalue weighted by atomic mass is 32.1. The first-order valence-corrected chi connectivity index (χ1v) is 6.43. The van der Waals surface area contributed by atoms with Gasteiger partial charge in [-0.15, -0.1) is 0 Å². The van der Waals surface area contributed by atoms with Crippen LogP contribution in [0.25, 0.3) is 0 Å². The van der Waals surface area contributed by atoms with E-state index in [1.54, 1.807) is 0 Å². The molecule has 1 heterocycles. The molecular formula is C13H19NS. The lowest BCUT2D eigenvalue weighted by Gasteiger charge is -2.26. The van der Waals surface area contributed by atoms with E-state index < -0.39 is 0 Å². The zero-order chi connectivity index (χ0) is 10.5. The summed E-state index contributed by atoms with van der Waals surface area (Å²) in [5, 5.41) is 0. The van der Waals surface area contributed by atoms with E-state index in [2.05, 4.69) is 41.8 Å². The van der Waals surface area contributed by atoms with E-state index >= 15 is 0 Å². The van der Waals surface area contributed by atoms with E-state index in [0.717, 1.165) is 12.3 Å². The van der Waals surface area contributed by atoms with Gasteiger partial charge in [0.25, 0.3) is 0 Å². The largest absolute Gasteiger partial charge is 0.299 e. The Balaban J connectivity index is 1.96. The van der Waals surface area contributed by atoms with Gasteiger partial charge in [-0.2, -0.15) is 12.6 Å². The number of hydrogen-bond acceptors (Lipinski definition) is 2. The number of thiol groups is 1. The molecule has 1 saturated heterocycles. The number of hydrogen-bond donors (Lipinski definition) is 1. The van der Waals surface area contributed by atoms with Crippen LogP contribution in [-0.4, -0.2) is 18.0 Å². The molecule has 0 saturated carbocycles. The molecule has 0 amide bonds. The van der Waals surface area contributed by atoms with Crippen LogP contribution in [-0.2, 0) is 12.3 Å². The molecule has 0 radical (unpaired) electrons. The predicted octanol–water partition coefficient (Wildman–Crippen LogP) is 3.10. The van der Waals surface area contributed by atoms with Crippen molar-refractivity contribution in [3.8, 4) is 0 Å². The zero-order valence-electron chi connectivity index (χ0n) is 9.15. The molecule has 1 fully saturated rings. The highest BCUT2D eigenvalue weighted by Gasteiger charge is 2.10. The molecule has 0 aliphatic carbocycles. The molecule has 0 atom stereocenters. The van der Waals surface area contributed by atoms with Gasteiger partial charge in [-0.05, 0) is 37.1 Å². The van der Waals surface area contributed by atoms with E-state index in [1.165, 1.54) is 43.5 Å². The van der Waals surface area contributed by atoms with Crippen molar-refractivity contribution in [1.82, 2.24) is 4.90 Å². The molecule has 0 spiro atoms. The van der Waals surface area contributed by atoms with E-state index in [0.29, 0.717) is 0 Å². The first kappa shape index (κ1) is 11.0. The molecule has 0 N–H and O–H groups in total. The van der Waals surface area contributed by atoms with E-state index in [9.17, 15) is 0 Å². The van der Waals surface area contributed by atoms with Crippen LogP contribution in [0.3, 0.4) is 0 Å². The van der Waals surface area contributed by atoms with Gasteiger partial charge in [-0.25, -0.2) is 0 Å². The molecule has 2 heteroatoms. The zero-order valence-corrected chi connectivity index (χ0v) is 10.0. The van der Waals surface area contributed by atoms with Crippen molar-refractivity contribution >= 4 is 12.6 Å². The van der Waals surface area contributed by atoms with Crippen molar-refractivity contribution in [2.45, 2.75) is 31.6 Å². The Hall–Kier alpha value is -0.470. The van der Waals surface area contributed by atoms with Crippen LogP contribution in [0.1, 0.15) is 30.4 Å². The number of nitrogens with zero attached hydrogens (tertiary/aromatic N) is 1.